The van der Waals surface area contributed by atoms with Gasteiger partial charge in [-0.05, 0) is 40.4 Å². The molecule has 0 bridgehead atoms. The zero-order valence-corrected chi connectivity index (χ0v) is 17.2. The second-order valence-corrected chi connectivity index (χ2v) is 9.03. The molecule has 2 heterocycles. The minimum atomic E-state index is -0.450. The van der Waals surface area contributed by atoms with Gasteiger partial charge in [0.15, 0.2) is 0 Å². The van der Waals surface area contributed by atoms with Gasteiger partial charge in [0, 0.05) is 18.0 Å². The molecule has 3 N–H and O–H groups in total. The van der Waals surface area contributed by atoms with Gasteiger partial charge >= 0.3 is 5.69 Å². The third-order valence-corrected chi connectivity index (χ3v) is 5.44. The highest BCUT2D eigenvalue weighted by molar-refractivity contribution is 9.11. The van der Waals surface area contributed by atoms with Crippen molar-refractivity contribution < 1.29 is 0 Å². The van der Waals surface area contributed by atoms with Gasteiger partial charge in [-0.3, -0.25) is 14.3 Å². The third kappa shape index (κ3) is 4.98. The van der Waals surface area contributed by atoms with Gasteiger partial charge in [-0.25, -0.2) is 4.79 Å². The number of nitrogens with two attached hydrogens (primary N) is 1. The highest BCUT2D eigenvalue weighted by Crippen LogP contribution is 2.26. The number of hydrogen-bond acceptors (Lipinski definition) is 5. The summed E-state index contributed by atoms with van der Waals surface area (Å²) in [5.74, 6) is 0.491. The van der Waals surface area contributed by atoms with Crippen LogP contribution in [0.15, 0.2) is 25.5 Å². The first-order chi connectivity index (χ1) is 11.8. The number of nitrogen functional groups attached to an aromatic ring is 1. The van der Waals surface area contributed by atoms with E-state index in [4.69, 9.17) is 5.73 Å². The molecule has 25 heavy (non-hydrogen) atoms. The number of aromatic nitrogens is 2. The molecule has 0 aromatic carbocycles. The van der Waals surface area contributed by atoms with Crippen molar-refractivity contribution in [3.05, 3.63) is 41.6 Å². The highest BCUT2D eigenvalue weighted by Gasteiger charge is 2.20. The van der Waals surface area contributed by atoms with E-state index in [9.17, 15) is 9.59 Å². The van der Waals surface area contributed by atoms with E-state index < -0.39 is 11.2 Å². The molecule has 2 rings (SSSR count). The van der Waals surface area contributed by atoms with Crippen molar-refractivity contribution in [3.8, 4) is 0 Å². The van der Waals surface area contributed by atoms with Crippen LogP contribution in [0.2, 0.25) is 0 Å². The summed E-state index contributed by atoms with van der Waals surface area (Å²) in [5.41, 5.74) is 5.78. The summed E-state index contributed by atoms with van der Waals surface area (Å²) < 4.78 is 2.51. The van der Waals surface area contributed by atoms with Crippen molar-refractivity contribution in [2.75, 3.05) is 17.2 Å². The lowest BCUT2D eigenvalue weighted by atomic mass is 10.2. The van der Waals surface area contributed by atoms with Gasteiger partial charge in [0.2, 0.25) is 0 Å². The van der Waals surface area contributed by atoms with Crippen LogP contribution < -0.4 is 21.9 Å². The van der Waals surface area contributed by atoms with Crippen LogP contribution in [0.1, 0.15) is 38.5 Å². The van der Waals surface area contributed by atoms with Crippen LogP contribution in [0.4, 0.5) is 11.5 Å². The fourth-order valence-corrected chi connectivity index (χ4v) is 4.17. The molecule has 0 amide bonds. The molecule has 0 unspecified atom stereocenters. The molecule has 0 spiro atoms. The monoisotopic (exact) mass is 428 g/mol. The molecule has 138 valence electrons. The lowest BCUT2D eigenvalue weighted by Crippen LogP contribution is -2.39. The molecular formula is C17H25BrN4O2S. The predicted octanol–water partition coefficient (Wildman–Crippen LogP) is 3.41. The minimum absolute atomic E-state index is 0.245. The fourth-order valence-electron chi connectivity index (χ4n) is 2.67. The van der Waals surface area contributed by atoms with Crippen LogP contribution in [0.5, 0.6) is 0 Å². The van der Waals surface area contributed by atoms with E-state index >= 15 is 0 Å². The number of nitrogens with one attached hydrogen (secondary N) is 1. The Kier molecular flexibility index (Phi) is 6.89. The smallest absolute Gasteiger partial charge is 0.330 e. The summed E-state index contributed by atoms with van der Waals surface area (Å²) in [6, 6.07) is 4.02. The van der Waals surface area contributed by atoms with Crippen LogP contribution in [0.3, 0.4) is 0 Å². The maximum absolute atomic E-state index is 12.5. The highest BCUT2D eigenvalue weighted by atomic mass is 79.9. The Balaban J connectivity index is 2.47. The Morgan fingerprint density at radius 2 is 2.08 bits per heavy atom. The first kappa shape index (κ1) is 19.8. The topological polar surface area (TPSA) is 84.1 Å². The average molecular weight is 429 g/mol. The van der Waals surface area contributed by atoms with E-state index in [0.29, 0.717) is 25.3 Å². The quantitative estimate of drug-likeness (QED) is 0.674. The number of halogens is 1. The fraction of sp³-hybridized carbons (Fsp3) is 0.529. The molecular weight excluding hydrogens is 404 g/mol. The van der Waals surface area contributed by atoms with Crippen molar-refractivity contribution in [1.82, 2.24) is 9.55 Å². The number of anilines is 2. The summed E-state index contributed by atoms with van der Waals surface area (Å²) in [4.78, 5) is 30.2. The average Bonchev–Trinajstić information content (AvgIpc) is 2.93. The van der Waals surface area contributed by atoms with E-state index in [1.807, 2.05) is 30.9 Å². The third-order valence-electron chi connectivity index (χ3n) is 3.84. The molecule has 0 saturated heterocycles. The van der Waals surface area contributed by atoms with Crippen LogP contribution >= 0.6 is 27.3 Å². The number of hydrogen-bond donors (Lipinski definition) is 2. The number of thiophene rings is 1. The lowest BCUT2D eigenvalue weighted by Gasteiger charge is -2.26. The van der Waals surface area contributed by atoms with E-state index in [1.165, 1.54) is 4.57 Å². The second kappa shape index (κ2) is 8.71. The van der Waals surface area contributed by atoms with E-state index in [0.717, 1.165) is 21.5 Å². The maximum atomic E-state index is 12.5. The van der Waals surface area contributed by atoms with E-state index in [-0.39, 0.29) is 11.7 Å². The Bertz CT molecular complexity index is 825. The van der Waals surface area contributed by atoms with Crippen molar-refractivity contribution >= 4 is 38.8 Å². The van der Waals surface area contributed by atoms with Gasteiger partial charge in [-0.15, -0.1) is 11.3 Å². The van der Waals surface area contributed by atoms with E-state index in [1.54, 1.807) is 11.3 Å². The Hall–Kier alpha value is -1.54. The first-order valence-corrected chi connectivity index (χ1v) is 10.1. The molecule has 0 aliphatic carbocycles. The Labute approximate surface area is 159 Å². The van der Waals surface area contributed by atoms with Crippen molar-refractivity contribution in [1.29, 1.82) is 0 Å². The molecule has 0 saturated carbocycles. The standard InChI is InChI=1S/C17H25BrN4O2S/c1-4-5-8-21(10-12-6-7-13(18)25-12)14-15(19)22(9-11(2)3)17(24)20-16(14)23/h6-7,11H,4-5,8-10,19H2,1-3H3,(H,20,23,24). The summed E-state index contributed by atoms with van der Waals surface area (Å²) in [5, 5.41) is 0. The number of unbranched alkanes of at least 4 members (excludes halogenated alkanes) is 1. The predicted molar refractivity (Wildman–Crippen MR) is 109 cm³/mol. The zero-order valence-electron chi connectivity index (χ0n) is 14.8. The van der Waals surface area contributed by atoms with Crippen molar-refractivity contribution in [2.24, 2.45) is 5.92 Å². The number of rotatable bonds is 8. The molecule has 0 atom stereocenters. The lowest BCUT2D eigenvalue weighted by molar-refractivity contribution is 0.507. The molecule has 0 aliphatic heterocycles. The van der Waals surface area contributed by atoms with Crippen LogP contribution in [0.25, 0.3) is 0 Å². The molecule has 0 radical (unpaired) electrons. The Morgan fingerprint density at radius 3 is 2.64 bits per heavy atom. The van der Waals surface area contributed by atoms with Gasteiger partial charge < -0.3 is 10.6 Å². The normalized spacial score (nSPS) is 11.2. The van der Waals surface area contributed by atoms with Gasteiger partial charge in [0.05, 0.1) is 10.3 Å². The summed E-state index contributed by atoms with van der Waals surface area (Å²) in [6.07, 6.45) is 1.95. The minimum Gasteiger partial charge on any atom is -0.383 e. The summed E-state index contributed by atoms with van der Waals surface area (Å²) in [6.45, 7) is 7.89. The summed E-state index contributed by atoms with van der Waals surface area (Å²) >= 11 is 5.10. The van der Waals surface area contributed by atoms with Gasteiger partial charge in [0.1, 0.15) is 11.5 Å². The van der Waals surface area contributed by atoms with Crippen molar-refractivity contribution in [2.45, 2.75) is 46.7 Å². The molecule has 2 aromatic rings. The second-order valence-electron chi connectivity index (χ2n) is 6.48. The molecule has 0 aliphatic rings. The maximum Gasteiger partial charge on any atom is 0.330 e. The van der Waals surface area contributed by atoms with Gasteiger partial charge in [-0.1, -0.05) is 27.2 Å². The molecule has 8 heteroatoms. The van der Waals surface area contributed by atoms with Crippen LogP contribution in [-0.2, 0) is 13.1 Å². The largest absolute Gasteiger partial charge is 0.383 e. The molecule has 2 aromatic heterocycles. The molecule has 6 nitrogen and oxygen atoms in total. The number of H-pyrrole nitrogens is 1. The van der Waals surface area contributed by atoms with Gasteiger partial charge in [-0.2, -0.15) is 0 Å². The van der Waals surface area contributed by atoms with Crippen LogP contribution in [0, 0.1) is 5.92 Å². The molecule has 0 fully saturated rings. The SMILES string of the molecule is CCCCN(Cc1ccc(Br)s1)c1c(N)n(CC(C)C)c(=O)[nH]c1=O. The number of nitrogens with zero attached hydrogens (tertiary/aromatic N) is 2. The number of aromatic amines is 1. The Morgan fingerprint density at radius 1 is 1.36 bits per heavy atom. The zero-order chi connectivity index (χ0) is 18.6. The summed E-state index contributed by atoms with van der Waals surface area (Å²) in [7, 11) is 0. The first-order valence-electron chi connectivity index (χ1n) is 8.45. The van der Waals surface area contributed by atoms with Gasteiger partial charge in [0.25, 0.3) is 5.56 Å². The van der Waals surface area contributed by atoms with Crippen molar-refractivity contribution in [3.63, 3.8) is 0 Å². The van der Waals surface area contributed by atoms with E-state index in [2.05, 4.69) is 27.8 Å². The van der Waals surface area contributed by atoms with Crippen LogP contribution in [-0.4, -0.2) is 16.1 Å².